The van der Waals surface area contributed by atoms with Crippen LogP contribution >= 0.6 is 46.4 Å². The lowest BCUT2D eigenvalue weighted by Crippen LogP contribution is -2.38. The fourth-order valence-corrected chi connectivity index (χ4v) is 5.96. The Balaban J connectivity index is 0.000000254. The van der Waals surface area contributed by atoms with Crippen LogP contribution in [0.3, 0.4) is 0 Å². The zero-order valence-electron chi connectivity index (χ0n) is 31.6. The zero-order valence-corrected chi connectivity index (χ0v) is 34.7. The van der Waals surface area contributed by atoms with Crippen LogP contribution in [0.25, 0.3) is 22.5 Å². The molecule has 0 amide bonds. The highest BCUT2D eigenvalue weighted by Crippen LogP contribution is 2.36. The lowest BCUT2D eigenvalue weighted by molar-refractivity contribution is -0.0138. The Bertz CT molecular complexity index is 2110. The number of nitrogens with zero attached hydrogens (tertiary/aromatic N) is 6. The van der Waals surface area contributed by atoms with Gasteiger partial charge in [0.15, 0.2) is 17.5 Å². The molecule has 0 saturated heterocycles. The average Bonchev–Trinajstić information content (AvgIpc) is 3.15. The molecule has 1 unspecified atom stereocenters. The number of aromatic nitrogens is 6. The Labute approximate surface area is 350 Å². The monoisotopic (exact) mass is 865 g/mol. The fourth-order valence-electron chi connectivity index (χ4n) is 5.18. The molecule has 0 aliphatic rings. The zero-order chi connectivity index (χ0) is 41.8. The summed E-state index contributed by atoms with van der Waals surface area (Å²) < 4.78 is 29.7. The molecule has 306 valence electrons. The van der Waals surface area contributed by atoms with Gasteiger partial charge in [-0.15, -0.1) is 20.4 Å². The molecule has 5 aromatic rings. The number of aliphatic hydroxyl groups is 2. The number of benzene rings is 3. The topological polar surface area (TPSA) is 210 Å². The van der Waals surface area contributed by atoms with Gasteiger partial charge in [-0.05, 0) is 32.0 Å². The molecule has 2 aromatic heterocycles. The lowest BCUT2D eigenvalue weighted by atomic mass is 9.88. The second-order valence-electron chi connectivity index (χ2n) is 13.9. The van der Waals surface area contributed by atoms with Crippen molar-refractivity contribution in [1.82, 2.24) is 30.4 Å². The molecule has 0 saturated carbocycles. The van der Waals surface area contributed by atoms with Crippen molar-refractivity contribution in [2.24, 2.45) is 5.41 Å². The van der Waals surface area contributed by atoms with Crippen molar-refractivity contribution in [1.29, 1.82) is 0 Å². The third-order valence-corrected chi connectivity index (χ3v) is 9.74. The molecule has 19 heteroatoms. The quantitative estimate of drug-likeness (QED) is 0.0640. The van der Waals surface area contributed by atoms with Gasteiger partial charge in [0, 0.05) is 35.6 Å². The van der Waals surface area contributed by atoms with Gasteiger partial charge in [0.05, 0.1) is 65.3 Å². The first-order chi connectivity index (χ1) is 27.1. The van der Waals surface area contributed by atoms with Gasteiger partial charge >= 0.3 is 0 Å². The van der Waals surface area contributed by atoms with Crippen LogP contribution in [0.2, 0.25) is 20.1 Å². The minimum atomic E-state index is -0.700. The minimum Gasteiger partial charge on any atom is -0.396 e. The summed E-state index contributed by atoms with van der Waals surface area (Å²) in [4.78, 5) is 8.55. The predicted octanol–water partition coefficient (Wildman–Crippen LogP) is 6.97. The van der Waals surface area contributed by atoms with Crippen molar-refractivity contribution < 1.29 is 28.8 Å². The van der Waals surface area contributed by atoms with E-state index >= 15 is 0 Å². The summed E-state index contributed by atoms with van der Waals surface area (Å²) in [5.41, 5.74) is 13.1. The molecular formula is C38H44Cl4FN9O5. The fraction of sp³-hybridized carbons (Fsp3) is 0.368. The molecule has 0 radical (unpaired) electrons. The van der Waals surface area contributed by atoms with Crippen LogP contribution in [-0.2, 0) is 27.2 Å². The molecule has 0 fully saturated rings. The number of nitrogens with one attached hydrogen (secondary N) is 1. The van der Waals surface area contributed by atoms with E-state index in [1.807, 2.05) is 20.8 Å². The van der Waals surface area contributed by atoms with E-state index in [0.29, 0.717) is 60.6 Å². The number of methoxy groups -OCH3 is 1. The average molecular weight is 868 g/mol. The highest BCUT2D eigenvalue weighted by atomic mass is 35.5. The maximum absolute atomic E-state index is 13.7. The SMILES string of the molecule is CC(CO)(COCc1ccccc1F)Cc1nnc(-c2cccc(Cl)c2Cl)c(N)n1.COC[C@@H](O)COCC(C)(C)Nc1nnc(-c2cccc(Cl)c2Cl)c(N)n1. The van der Waals surface area contributed by atoms with Gasteiger partial charge in [-0.1, -0.05) is 95.8 Å². The van der Waals surface area contributed by atoms with Crippen molar-refractivity contribution in [3.8, 4) is 22.5 Å². The predicted molar refractivity (Wildman–Crippen MR) is 221 cm³/mol. The standard InChI is InChI=1S/C21H21Cl2FN4O2.C17H23Cl2N5O3/c1-21(11-29,12-30-10-13-5-2-3-8-16(13)24)9-17-26-20(25)19(28-27-17)14-6-4-7-15(22)18(14)23;1-17(2,9-27-8-10(25)7-26-3)22-16-21-15(20)14(23-24-16)11-5-4-6-12(18)13(11)19/h2-8,29H,9-12H2,1H3,(H2,25,26,27);4-6,10,25H,7-9H2,1-3H3,(H3,20,21,22,24)/t;10-/m.1/s1. The highest BCUT2D eigenvalue weighted by Gasteiger charge is 2.27. The first kappa shape index (κ1) is 45.7. The van der Waals surface area contributed by atoms with E-state index in [-0.39, 0.29) is 62.9 Å². The summed E-state index contributed by atoms with van der Waals surface area (Å²) in [6.45, 7) is 6.37. The molecule has 57 heavy (non-hydrogen) atoms. The van der Waals surface area contributed by atoms with E-state index in [4.69, 9.17) is 72.1 Å². The number of nitrogens with two attached hydrogens (primary N) is 2. The van der Waals surface area contributed by atoms with E-state index in [0.717, 1.165) is 0 Å². The normalized spacial score (nSPS) is 13.0. The van der Waals surface area contributed by atoms with Gasteiger partial charge < -0.3 is 41.2 Å². The Morgan fingerprint density at radius 3 is 1.93 bits per heavy atom. The van der Waals surface area contributed by atoms with Gasteiger partial charge in [0.25, 0.3) is 0 Å². The molecule has 3 aromatic carbocycles. The van der Waals surface area contributed by atoms with Gasteiger partial charge in [0.1, 0.15) is 23.3 Å². The molecule has 14 nitrogen and oxygen atoms in total. The smallest absolute Gasteiger partial charge is 0.245 e. The summed E-state index contributed by atoms with van der Waals surface area (Å²) in [7, 11) is 1.52. The number of nitrogen functional groups attached to an aromatic ring is 2. The first-order valence-corrected chi connectivity index (χ1v) is 18.9. The van der Waals surface area contributed by atoms with Gasteiger partial charge in [-0.25, -0.2) is 9.37 Å². The number of rotatable bonds is 17. The van der Waals surface area contributed by atoms with Crippen LogP contribution in [0.1, 0.15) is 32.2 Å². The van der Waals surface area contributed by atoms with Gasteiger partial charge in [0.2, 0.25) is 5.95 Å². The molecular weight excluding hydrogens is 823 g/mol. The van der Waals surface area contributed by atoms with Gasteiger partial charge in [-0.2, -0.15) is 4.98 Å². The number of hydrogen-bond acceptors (Lipinski definition) is 14. The summed E-state index contributed by atoms with van der Waals surface area (Å²) in [5.74, 6) is 0.584. The highest BCUT2D eigenvalue weighted by molar-refractivity contribution is 6.44. The molecule has 2 atom stereocenters. The maximum Gasteiger partial charge on any atom is 0.245 e. The van der Waals surface area contributed by atoms with Crippen LogP contribution in [0.4, 0.5) is 22.0 Å². The van der Waals surface area contributed by atoms with Crippen LogP contribution in [0.5, 0.6) is 0 Å². The minimum absolute atomic E-state index is 0.0930. The first-order valence-electron chi connectivity index (χ1n) is 17.4. The van der Waals surface area contributed by atoms with E-state index in [2.05, 4.69) is 35.7 Å². The molecule has 2 heterocycles. The number of hydrogen-bond donors (Lipinski definition) is 5. The molecule has 0 spiro atoms. The van der Waals surface area contributed by atoms with E-state index in [1.165, 1.54) is 13.2 Å². The summed E-state index contributed by atoms with van der Waals surface area (Å²) >= 11 is 24.5. The van der Waals surface area contributed by atoms with Crippen molar-refractivity contribution in [3.05, 3.63) is 98.0 Å². The van der Waals surface area contributed by atoms with Crippen LogP contribution in [0.15, 0.2) is 60.7 Å². The Hall–Kier alpha value is -4.03. The molecule has 7 N–H and O–H groups in total. The number of ether oxygens (including phenoxy) is 3. The Morgan fingerprint density at radius 2 is 1.37 bits per heavy atom. The second kappa shape index (κ2) is 21.1. The molecule has 5 rings (SSSR count). The summed E-state index contributed by atoms with van der Waals surface area (Å²) in [6, 6.07) is 16.7. The molecule has 0 bridgehead atoms. The molecule has 0 aliphatic heterocycles. The van der Waals surface area contributed by atoms with E-state index < -0.39 is 17.1 Å². The Morgan fingerprint density at radius 1 is 0.772 bits per heavy atom. The number of aliphatic hydroxyl groups excluding tert-OH is 2. The summed E-state index contributed by atoms with van der Waals surface area (Å²) in [5, 5.41) is 40.5. The van der Waals surface area contributed by atoms with Crippen LogP contribution < -0.4 is 16.8 Å². The van der Waals surface area contributed by atoms with Crippen molar-refractivity contribution in [2.75, 3.05) is 56.9 Å². The van der Waals surface area contributed by atoms with Crippen molar-refractivity contribution in [3.63, 3.8) is 0 Å². The maximum atomic E-state index is 13.7. The third-order valence-electron chi connectivity index (χ3n) is 8.10. The van der Waals surface area contributed by atoms with Gasteiger partial charge in [-0.3, -0.25) is 0 Å². The largest absolute Gasteiger partial charge is 0.396 e. The van der Waals surface area contributed by atoms with Crippen LogP contribution in [-0.4, -0.2) is 92.4 Å². The van der Waals surface area contributed by atoms with Crippen molar-refractivity contribution >= 4 is 64.0 Å². The molecule has 0 aliphatic carbocycles. The second-order valence-corrected chi connectivity index (χ2v) is 15.5. The summed E-state index contributed by atoms with van der Waals surface area (Å²) in [6.07, 6.45) is -0.414. The lowest BCUT2D eigenvalue weighted by Gasteiger charge is -2.26. The van der Waals surface area contributed by atoms with E-state index in [9.17, 15) is 14.6 Å². The third kappa shape index (κ3) is 13.2. The Kier molecular flexibility index (Phi) is 16.9. The number of anilines is 3. The van der Waals surface area contributed by atoms with E-state index in [1.54, 1.807) is 54.6 Å². The van der Waals surface area contributed by atoms with Crippen LogP contribution in [0, 0.1) is 11.2 Å². The number of halogens is 5. The van der Waals surface area contributed by atoms with Crippen molar-refractivity contribution in [2.45, 2.75) is 45.4 Å².